The largest absolute Gasteiger partial charge is 0.489 e. The Morgan fingerprint density at radius 1 is 0.659 bits per heavy atom. The highest BCUT2D eigenvalue weighted by atomic mass is 16.7. The third kappa shape index (κ3) is 8.67. The predicted molar refractivity (Wildman–Crippen MR) is 157 cm³/mol. The normalized spacial score (nSPS) is 21.1. The lowest BCUT2D eigenvalue weighted by atomic mass is 9.90. The lowest BCUT2D eigenvalue weighted by Gasteiger charge is -2.44. The van der Waals surface area contributed by atoms with Gasteiger partial charge in [0.1, 0.15) is 18.5 Å². The topological polar surface area (TPSA) is 124 Å². The van der Waals surface area contributed by atoms with Gasteiger partial charge in [0.2, 0.25) is 12.4 Å². The molecule has 10 heteroatoms. The summed E-state index contributed by atoms with van der Waals surface area (Å²) in [5.41, 5.74) is 4.65. The van der Waals surface area contributed by atoms with E-state index in [1.54, 1.807) is 6.07 Å². The molecule has 4 rings (SSSR count). The number of esters is 4. The van der Waals surface area contributed by atoms with Crippen molar-refractivity contribution in [1.82, 2.24) is 0 Å². The van der Waals surface area contributed by atoms with Gasteiger partial charge in [-0.15, -0.1) is 0 Å². The first-order chi connectivity index (χ1) is 21.0. The van der Waals surface area contributed by atoms with Crippen molar-refractivity contribution in [3.8, 4) is 5.75 Å². The lowest BCUT2D eigenvalue weighted by molar-refractivity contribution is -0.298. The first-order valence-electron chi connectivity index (χ1n) is 14.2. The maximum absolute atomic E-state index is 12.2. The van der Waals surface area contributed by atoms with Crippen LogP contribution in [0, 0.1) is 6.92 Å². The van der Waals surface area contributed by atoms with Crippen molar-refractivity contribution in [3.05, 3.63) is 101 Å². The van der Waals surface area contributed by atoms with E-state index in [2.05, 4.69) is 0 Å². The van der Waals surface area contributed by atoms with Crippen LogP contribution in [0.5, 0.6) is 5.75 Å². The first-order valence-corrected chi connectivity index (χ1v) is 14.2. The number of aryl methyl sites for hydroxylation is 1. The fourth-order valence-corrected chi connectivity index (χ4v) is 5.02. The summed E-state index contributed by atoms with van der Waals surface area (Å²) in [5, 5.41) is 0. The van der Waals surface area contributed by atoms with Crippen molar-refractivity contribution < 1.29 is 47.6 Å². The van der Waals surface area contributed by atoms with Crippen LogP contribution in [0.4, 0.5) is 0 Å². The zero-order valence-electron chi connectivity index (χ0n) is 25.3. The van der Waals surface area contributed by atoms with Crippen LogP contribution in [-0.4, -0.2) is 48.5 Å². The highest BCUT2D eigenvalue weighted by Crippen LogP contribution is 2.38. The molecule has 0 amide bonds. The average molecular weight is 605 g/mol. The number of ether oxygens (including phenoxy) is 6. The molecule has 1 fully saturated rings. The Morgan fingerprint density at radius 2 is 1.25 bits per heavy atom. The van der Waals surface area contributed by atoms with E-state index >= 15 is 0 Å². The lowest BCUT2D eigenvalue weighted by Crippen LogP contribution is -2.59. The molecule has 44 heavy (non-hydrogen) atoms. The third-order valence-electron chi connectivity index (χ3n) is 6.95. The average Bonchev–Trinajstić information content (AvgIpc) is 2.96. The van der Waals surface area contributed by atoms with Crippen molar-refractivity contribution >= 4 is 23.9 Å². The molecule has 1 unspecified atom stereocenters. The van der Waals surface area contributed by atoms with Crippen molar-refractivity contribution in [2.75, 3.05) is 0 Å². The number of carbonyl (C=O) groups excluding carboxylic acids is 4. The minimum Gasteiger partial charge on any atom is -0.489 e. The van der Waals surface area contributed by atoms with E-state index in [0.29, 0.717) is 18.6 Å². The van der Waals surface area contributed by atoms with E-state index in [0.717, 1.165) is 34.9 Å². The van der Waals surface area contributed by atoms with Gasteiger partial charge in [0.15, 0.2) is 12.2 Å². The van der Waals surface area contributed by atoms with Gasteiger partial charge in [0, 0.05) is 27.7 Å². The molecule has 1 aliphatic rings. The second-order valence-electron chi connectivity index (χ2n) is 10.5. The van der Waals surface area contributed by atoms with Crippen LogP contribution in [0.2, 0.25) is 0 Å². The summed E-state index contributed by atoms with van der Waals surface area (Å²) in [4.78, 5) is 48.3. The van der Waals surface area contributed by atoms with Crippen molar-refractivity contribution in [1.29, 1.82) is 0 Å². The molecular weight excluding hydrogens is 568 g/mol. The van der Waals surface area contributed by atoms with Crippen LogP contribution >= 0.6 is 0 Å². The molecule has 1 saturated heterocycles. The Morgan fingerprint density at radius 3 is 1.86 bits per heavy atom. The van der Waals surface area contributed by atoms with E-state index in [9.17, 15) is 19.2 Å². The number of benzene rings is 3. The summed E-state index contributed by atoms with van der Waals surface area (Å²) in [6, 6.07) is 23.3. The SMILES string of the molecule is CC(=O)OC1O[C@@H](c2ccc(C)c(Cc3ccc(OCc4ccccc4)cc3)c2)[C@H](OC(C)=O)[C@@H](OC(C)=O)[C@@H]1OC(C)=O. The summed E-state index contributed by atoms with van der Waals surface area (Å²) in [5.74, 6) is -2.08. The molecular formula is C34H36O10. The highest BCUT2D eigenvalue weighted by Gasteiger charge is 2.53. The van der Waals surface area contributed by atoms with Crippen LogP contribution in [-0.2, 0) is 55.9 Å². The van der Waals surface area contributed by atoms with Gasteiger partial charge in [0.05, 0.1) is 0 Å². The Kier molecular flexibility index (Phi) is 10.7. The number of rotatable bonds is 10. The quantitative estimate of drug-likeness (QED) is 0.233. The van der Waals surface area contributed by atoms with E-state index in [-0.39, 0.29) is 0 Å². The van der Waals surface area contributed by atoms with Gasteiger partial charge in [-0.3, -0.25) is 19.2 Å². The summed E-state index contributed by atoms with van der Waals surface area (Å²) >= 11 is 0. The summed E-state index contributed by atoms with van der Waals surface area (Å²) in [6.45, 7) is 7.13. The molecule has 3 aromatic carbocycles. The fraction of sp³-hybridized carbons (Fsp3) is 0.353. The number of hydrogen-bond donors (Lipinski definition) is 0. The van der Waals surface area contributed by atoms with Gasteiger partial charge in [-0.05, 0) is 53.3 Å². The molecule has 5 atom stereocenters. The van der Waals surface area contributed by atoms with Gasteiger partial charge in [-0.1, -0.05) is 60.7 Å². The minimum atomic E-state index is -1.44. The van der Waals surface area contributed by atoms with Crippen LogP contribution < -0.4 is 4.74 Å². The van der Waals surface area contributed by atoms with E-state index < -0.39 is 54.6 Å². The summed E-state index contributed by atoms with van der Waals surface area (Å²) in [7, 11) is 0. The molecule has 0 aliphatic carbocycles. The molecule has 0 aromatic heterocycles. The predicted octanol–water partition coefficient (Wildman–Crippen LogP) is 4.92. The van der Waals surface area contributed by atoms with Crippen LogP contribution in [0.25, 0.3) is 0 Å². The van der Waals surface area contributed by atoms with Gasteiger partial charge >= 0.3 is 23.9 Å². The minimum absolute atomic E-state index is 0.465. The van der Waals surface area contributed by atoms with E-state index in [1.165, 1.54) is 20.8 Å². The fourth-order valence-electron chi connectivity index (χ4n) is 5.02. The van der Waals surface area contributed by atoms with Gasteiger partial charge < -0.3 is 28.4 Å². The zero-order chi connectivity index (χ0) is 31.8. The van der Waals surface area contributed by atoms with Crippen LogP contribution in [0.1, 0.15) is 61.6 Å². The van der Waals surface area contributed by atoms with Gasteiger partial charge in [-0.2, -0.15) is 0 Å². The maximum Gasteiger partial charge on any atom is 0.305 e. The molecule has 232 valence electrons. The van der Waals surface area contributed by atoms with E-state index in [4.69, 9.17) is 28.4 Å². The molecule has 1 aliphatic heterocycles. The number of carbonyl (C=O) groups is 4. The van der Waals surface area contributed by atoms with E-state index in [1.807, 2.05) is 73.7 Å². The first kappa shape index (κ1) is 32.2. The molecule has 0 bridgehead atoms. The number of hydrogen-bond acceptors (Lipinski definition) is 10. The molecule has 1 heterocycles. The van der Waals surface area contributed by atoms with Crippen molar-refractivity contribution in [2.45, 2.75) is 78.4 Å². The Hall–Kier alpha value is -4.70. The molecule has 10 nitrogen and oxygen atoms in total. The van der Waals surface area contributed by atoms with Crippen molar-refractivity contribution in [3.63, 3.8) is 0 Å². The Bertz CT molecular complexity index is 1470. The maximum atomic E-state index is 12.2. The van der Waals surface area contributed by atoms with Crippen LogP contribution in [0.15, 0.2) is 72.8 Å². The monoisotopic (exact) mass is 604 g/mol. The third-order valence-corrected chi connectivity index (χ3v) is 6.95. The zero-order valence-corrected chi connectivity index (χ0v) is 25.3. The summed E-state index contributed by atoms with van der Waals surface area (Å²) < 4.78 is 33.9. The van der Waals surface area contributed by atoms with Crippen LogP contribution in [0.3, 0.4) is 0 Å². The summed E-state index contributed by atoms with van der Waals surface area (Å²) in [6.07, 6.45) is -5.83. The second-order valence-corrected chi connectivity index (χ2v) is 10.5. The second kappa shape index (κ2) is 14.7. The van der Waals surface area contributed by atoms with Crippen molar-refractivity contribution in [2.24, 2.45) is 0 Å². The molecule has 0 saturated carbocycles. The smallest absolute Gasteiger partial charge is 0.305 e. The molecule has 0 spiro atoms. The van der Waals surface area contributed by atoms with Gasteiger partial charge in [-0.25, -0.2) is 0 Å². The Labute approximate surface area is 256 Å². The highest BCUT2D eigenvalue weighted by molar-refractivity contribution is 5.69. The Balaban J connectivity index is 1.62. The standard InChI is InChI=1S/C34H36O10/c1-20-11-14-27(18-28(20)17-25-12-15-29(16-13-25)39-19-26-9-7-6-8-10-26)30-31(40-21(2)35)32(41-22(3)36)33(42-23(4)37)34(44-30)43-24(5)38/h6-16,18,30-34H,17,19H2,1-5H3/t30-,31-,32+,33-,34?/m0/s1. The molecule has 0 radical (unpaired) electrons. The molecule has 0 N–H and O–H groups in total. The molecule has 3 aromatic rings. The van der Waals surface area contributed by atoms with Gasteiger partial charge in [0.25, 0.3) is 0 Å².